The molecule has 0 bridgehead atoms. The molecule has 0 aliphatic heterocycles. The van der Waals surface area contributed by atoms with Gasteiger partial charge in [-0.25, -0.2) is 0 Å². The SMILES string of the molecule is C1=CCc2c(n(-c3ccc(-c4c5ccccc5cc5ccccc45)cc3)c3ccc(N(c4ccccc4)c4ccccc4)cc23)C=C1.CC. The van der Waals surface area contributed by atoms with Crippen LogP contribution in [-0.2, 0) is 6.42 Å². The molecule has 2 nitrogen and oxygen atoms in total. The molecule has 8 aromatic rings. The first kappa shape index (κ1) is 30.2. The number of allylic oxidation sites excluding steroid dienone is 3. The lowest BCUT2D eigenvalue weighted by Gasteiger charge is -2.25. The number of aromatic nitrogens is 1. The monoisotopic (exact) mass is 630 g/mol. The molecule has 1 aromatic heterocycles. The van der Waals surface area contributed by atoms with Crippen LogP contribution in [0.5, 0.6) is 0 Å². The van der Waals surface area contributed by atoms with Gasteiger partial charge >= 0.3 is 0 Å². The van der Waals surface area contributed by atoms with Crippen molar-refractivity contribution in [3.05, 3.63) is 187 Å². The summed E-state index contributed by atoms with van der Waals surface area (Å²) >= 11 is 0. The molecule has 0 spiro atoms. The van der Waals surface area contributed by atoms with Crippen LogP contribution in [-0.4, -0.2) is 4.57 Å². The van der Waals surface area contributed by atoms with E-state index in [4.69, 9.17) is 0 Å². The summed E-state index contributed by atoms with van der Waals surface area (Å²) in [6.07, 6.45) is 9.73. The van der Waals surface area contributed by atoms with Gasteiger partial charge in [-0.05, 0) is 111 Å². The molecule has 236 valence electrons. The van der Waals surface area contributed by atoms with Crippen molar-refractivity contribution in [2.24, 2.45) is 0 Å². The van der Waals surface area contributed by atoms with Crippen molar-refractivity contribution in [3.63, 3.8) is 0 Å². The third-order valence-corrected chi connectivity index (χ3v) is 9.39. The van der Waals surface area contributed by atoms with Crippen LogP contribution in [0.1, 0.15) is 25.1 Å². The second kappa shape index (κ2) is 13.2. The van der Waals surface area contributed by atoms with E-state index in [0.29, 0.717) is 0 Å². The van der Waals surface area contributed by atoms with Crippen molar-refractivity contribution >= 4 is 55.6 Å². The number of para-hydroxylation sites is 2. The number of hydrogen-bond acceptors (Lipinski definition) is 1. The highest BCUT2D eigenvalue weighted by Gasteiger charge is 2.20. The molecule has 49 heavy (non-hydrogen) atoms. The molecule has 2 heteroatoms. The molecule has 0 saturated heterocycles. The smallest absolute Gasteiger partial charge is 0.0539 e. The summed E-state index contributed by atoms with van der Waals surface area (Å²) in [5, 5.41) is 6.36. The van der Waals surface area contributed by atoms with Crippen molar-refractivity contribution < 1.29 is 0 Å². The fraction of sp³-hybridized carbons (Fsp3) is 0.0638. The van der Waals surface area contributed by atoms with Crippen molar-refractivity contribution in [2.75, 3.05) is 4.90 Å². The Hall–Kier alpha value is -6.12. The minimum atomic E-state index is 0.881. The molecular weight excluding hydrogens is 593 g/mol. The molecule has 0 amide bonds. The van der Waals surface area contributed by atoms with Crippen LogP contribution < -0.4 is 4.90 Å². The summed E-state index contributed by atoms with van der Waals surface area (Å²) in [6, 6.07) is 57.1. The van der Waals surface area contributed by atoms with Gasteiger partial charge in [0.05, 0.1) is 11.2 Å². The summed E-state index contributed by atoms with van der Waals surface area (Å²) in [5.74, 6) is 0. The molecular formula is C47H38N2. The largest absolute Gasteiger partial charge is 0.310 e. The molecule has 0 saturated carbocycles. The molecule has 0 radical (unpaired) electrons. The van der Waals surface area contributed by atoms with E-state index in [2.05, 4.69) is 191 Å². The van der Waals surface area contributed by atoms with Crippen molar-refractivity contribution in [1.29, 1.82) is 0 Å². The van der Waals surface area contributed by atoms with E-state index in [0.717, 1.165) is 29.2 Å². The number of fused-ring (bicyclic) bond motifs is 5. The van der Waals surface area contributed by atoms with Gasteiger partial charge in [0.1, 0.15) is 0 Å². The second-order valence-electron chi connectivity index (χ2n) is 12.1. The van der Waals surface area contributed by atoms with Crippen LogP contribution in [0.4, 0.5) is 17.1 Å². The van der Waals surface area contributed by atoms with E-state index >= 15 is 0 Å². The lowest BCUT2D eigenvalue weighted by molar-refractivity contribution is 1.09. The normalized spacial score (nSPS) is 12.0. The lowest BCUT2D eigenvalue weighted by atomic mass is 9.92. The van der Waals surface area contributed by atoms with Gasteiger partial charge in [0.25, 0.3) is 0 Å². The first-order chi connectivity index (χ1) is 24.3. The van der Waals surface area contributed by atoms with E-state index in [9.17, 15) is 0 Å². The minimum absolute atomic E-state index is 0.881. The highest BCUT2D eigenvalue weighted by atomic mass is 15.1. The molecule has 0 fully saturated rings. The number of benzene rings is 7. The van der Waals surface area contributed by atoms with Crippen molar-refractivity contribution in [3.8, 4) is 16.8 Å². The summed E-state index contributed by atoms with van der Waals surface area (Å²) in [4.78, 5) is 2.34. The Kier molecular flexibility index (Phi) is 8.13. The maximum Gasteiger partial charge on any atom is 0.0539 e. The average molecular weight is 631 g/mol. The van der Waals surface area contributed by atoms with Crippen LogP contribution in [0.2, 0.25) is 0 Å². The molecule has 1 aliphatic rings. The van der Waals surface area contributed by atoms with Crippen LogP contribution in [0.25, 0.3) is 55.3 Å². The Morgan fingerprint density at radius 3 is 1.73 bits per heavy atom. The van der Waals surface area contributed by atoms with Gasteiger partial charge in [-0.3, -0.25) is 0 Å². The predicted octanol–water partition coefficient (Wildman–Crippen LogP) is 13.2. The van der Waals surface area contributed by atoms with E-state index in [1.165, 1.54) is 54.8 Å². The molecule has 0 atom stereocenters. The highest BCUT2D eigenvalue weighted by Crippen LogP contribution is 2.41. The maximum atomic E-state index is 2.43. The highest BCUT2D eigenvalue weighted by molar-refractivity contribution is 6.12. The third-order valence-electron chi connectivity index (χ3n) is 9.39. The number of rotatable bonds is 5. The lowest BCUT2D eigenvalue weighted by Crippen LogP contribution is -2.09. The Morgan fingerprint density at radius 2 is 1.10 bits per heavy atom. The fourth-order valence-corrected chi connectivity index (χ4v) is 7.28. The summed E-state index contributed by atoms with van der Waals surface area (Å²) in [5.41, 5.74) is 10.9. The fourth-order valence-electron chi connectivity index (χ4n) is 7.28. The standard InChI is InChI=1S/C45H32N2.C2H6/c1-4-16-35(17-5-1)46(36-18-6-2-7-19-36)38-28-29-44-42(31-38)41-22-8-3-9-23-43(41)47(44)37-26-24-32(25-27-37)45-39-20-12-10-14-33(39)30-34-15-11-13-21-40(34)45;1-2/h1-21,23-31H,22H2;1-2H3. The predicted molar refractivity (Wildman–Crippen MR) is 212 cm³/mol. The van der Waals surface area contributed by atoms with E-state index in [1.807, 2.05) is 13.8 Å². The first-order valence-corrected chi connectivity index (χ1v) is 17.3. The van der Waals surface area contributed by atoms with Crippen LogP contribution >= 0.6 is 0 Å². The van der Waals surface area contributed by atoms with Crippen molar-refractivity contribution in [1.82, 2.24) is 4.57 Å². The second-order valence-corrected chi connectivity index (χ2v) is 12.1. The minimum Gasteiger partial charge on any atom is -0.310 e. The van der Waals surface area contributed by atoms with E-state index in [-0.39, 0.29) is 0 Å². The first-order valence-electron chi connectivity index (χ1n) is 17.3. The summed E-state index contributed by atoms with van der Waals surface area (Å²) < 4.78 is 2.43. The van der Waals surface area contributed by atoms with Gasteiger partial charge in [0.2, 0.25) is 0 Å². The van der Waals surface area contributed by atoms with Crippen LogP contribution in [0.15, 0.2) is 176 Å². The van der Waals surface area contributed by atoms with Gasteiger partial charge in [-0.2, -0.15) is 0 Å². The zero-order chi connectivity index (χ0) is 33.2. The van der Waals surface area contributed by atoms with Crippen molar-refractivity contribution in [2.45, 2.75) is 20.3 Å². The molecule has 9 rings (SSSR count). The topological polar surface area (TPSA) is 8.17 Å². The third kappa shape index (κ3) is 5.42. The Balaban J connectivity index is 0.00000171. The molecule has 1 heterocycles. The van der Waals surface area contributed by atoms with E-state index in [1.54, 1.807) is 0 Å². The van der Waals surface area contributed by atoms with Gasteiger partial charge in [0, 0.05) is 28.1 Å². The summed E-state index contributed by atoms with van der Waals surface area (Å²) in [7, 11) is 0. The van der Waals surface area contributed by atoms with E-state index < -0.39 is 0 Å². The van der Waals surface area contributed by atoms with Gasteiger partial charge in [0.15, 0.2) is 0 Å². The number of hydrogen-bond donors (Lipinski definition) is 0. The number of anilines is 3. The van der Waals surface area contributed by atoms with Crippen LogP contribution in [0.3, 0.4) is 0 Å². The molecule has 7 aromatic carbocycles. The zero-order valence-corrected chi connectivity index (χ0v) is 27.9. The summed E-state index contributed by atoms with van der Waals surface area (Å²) in [6.45, 7) is 4.00. The molecule has 0 N–H and O–H groups in total. The maximum absolute atomic E-state index is 2.43. The Morgan fingerprint density at radius 1 is 0.510 bits per heavy atom. The zero-order valence-electron chi connectivity index (χ0n) is 27.9. The number of nitrogens with zero attached hydrogens (tertiary/aromatic N) is 2. The average Bonchev–Trinajstić information content (AvgIpc) is 3.29. The van der Waals surface area contributed by atoms with Gasteiger partial charge < -0.3 is 9.47 Å². The quantitative estimate of drug-likeness (QED) is 0.172. The molecule has 0 unspecified atom stereocenters. The van der Waals surface area contributed by atoms with Crippen LogP contribution in [0, 0.1) is 0 Å². The van der Waals surface area contributed by atoms with Gasteiger partial charge in [-0.1, -0.05) is 129 Å². The Bertz CT molecular complexity index is 2370. The Labute approximate surface area is 288 Å². The van der Waals surface area contributed by atoms with Gasteiger partial charge in [-0.15, -0.1) is 0 Å². The molecule has 1 aliphatic carbocycles.